The van der Waals surface area contributed by atoms with Crippen LogP contribution in [0.2, 0.25) is 10.0 Å². The number of halogens is 2. The molecule has 0 atom stereocenters. The van der Waals surface area contributed by atoms with Crippen LogP contribution in [0.15, 0.2) is 42.5 Å². The number of ether oxygens (including phenoxy) is 1. The number of para-hydroxylation sites is 3. The molecule has 0 saturated heterocycles. The van der Waals surface area contributed by atoms with Gasteiger partial charge < -0.3 is 10.1 Å². The van der Waals surface area contributed by atoms with E-state index < -0.39 is 0 Å². The Morgan fingerprint density at radius 2 is 1.65 bits per heavy atom. The Kier molecular flexibility index (Phi) is 7.54. The van der Waals surface area contributed by atoms with Crippen LogP contribution in [0.4, 0.5) is 11.4 Å². The molecule has 0 aliphatic heterocycles. The van der Waals surface area contributed by atoms with Crippen LogP contribution in [0, 0.1) is 0 Å². The molecule has 6 heteroatoms. The van der Waals surface area contributed by atoms with E-state index in [9.17, 15) is 4.79 Å². The second-order valence-electron chi connectivity index (χ2n) is 3.81. The summed E-state index contributed by atoms with van der Waals surface area (Å²) in [5, 5.41) is 4.06. The smallest absolute Gasteiger partial charge is 0.308 e. The third-order valence-electron chi connectivity index (χ3n) is 2.36. The van der Waals surface area contributed by atoms with E-state index in [-0.39, 0.29) is 57.4 Å². The molecule has 2 aromatic carbocycles. The average molecular weight is 335 g/mol. The minimum atomic E-state index is -0.389. The predicted molar refractivity (Wildman–Crippen MR) is 83.2 cm³/mol. The largest absolute Gasteiger partial charge is 0.424 e. The summed E-state index contributed by atoms with van der Waals surface area (Å²) in [6.07, 6.45) is 0. The van der Waals surface area contributed by atoms with Crippen molar-refractivity contribution in [1.82, 2.24) is 0 Å². The van der Waals surface area contributed by atoms with Crippen LogP contribution in [0.3, 0.4) is 0 Å². The monoisotopic (exact) mass is 334 g/mol. The van der Waals surface area contributed by atoms with Gasteiger partial charge in [0.1, 0.15) is 0 Å². The number of rotatable bonds is 3. The van der Waals surface area contributed by atoms with Gasteiger partial charge in [-0.2, -0.15) is 0 Å². The number of esters is 1. The standard InChI is InChI=1S/C14H11Cl2NO2.K/c1-9(18)19-13-8-3-2-7-12(13)17-14-10(15)5-4-6-11(14)16;/h2-8,17H,1H3;. The second-order valence-corrected chi connectivity index (χ2v) is 4.63. The molecule has 0 fully saturated rings. The van der Waals surface area contributed by atoms with E-state index in [1.54, 1.807) is 36.4 Å². The van der Waals surface area contributed by atoms with Gasteiger partial charge in [0.2, 0.25) is 0 Å². The molecule has 0 unspecified atom stereocenters. The van der Waals surface area contributed by atoms with Crippen molar-refractivity contribution in [2.75, 3.05) is 5.32 Å². The molecule has 0 amide bonds. The molecule has 1 radical (unpaired) electrons. The topological polar surface area (TPSA) is 38.3 Å². The van der Waals surface area contributed by atoms with Crippen LogP contribution in [0.5, 0.6) is 5.75 Å². The molecule has 3 nitrogen and oxygen atoms in total. The number of benzene rings is 2. The van der Waals surface area contributed by atoms with Crippen LogP contribution < -0.4 is 10.1 Å². The first kappa shape index (κ1) is 18.0. The second kappa shape index (κ2) is 8.39. The van der Waals surface area contributed by atoms with Crippen LogP contribution in [-0.4, -0.2) is 57.4 Å². The Morgan fingerprint density at radius 3 is 2.25 bits per heavy atom. The van der Waals surface area contributed by atoms with E-state index in [0.717, 1.165) is 0 Å². The van der Waals surface area contributed by atoms with Gasteiger partial charge in [0.05, 0.1) is 21.4 Å². The molecule has 0 heterocycles. The molecular weight excluding hydrogens is 324 g/mol. The summed E-state index contributed by atoms with van der Waals surface area (Å²) in [7, 11) is 0. The Balaban J connectivity index is 0.00000200. The predicted octanol–water partition coefficient (Wildman–Crippen LogP) is 4.28. The minimum absolute atomic E-state index is 0. The van der Waals surface area contributed by atoms with Gasteiger partial charge in [0.25, 0.3) is 0 Å². The quantitative estimate of drug-likeness (QED) is 0.517. The summed E-state index contributed by atoms with van der Waals surface area (Å²) in [5.74, 6) is 0.0329. The summed E-state index contributed by atoms with van der Waals surface area (Å²) in [4.78, 5) is 11.0. The SMILES string of the molecule is CC(=O)Oc1ccccc1Nc1c(Cl)cccc1Cl.[K]. The first-order valence-corrected chi connectivity index (χ1v) is 6.32. The zero-order chi connectivity index (χ0) is 13.8. The van der Waals surface area contributed by atoms with E-state index >= 15 is 0 Å². The molecule has 1 N–H and O–H groups in total. The number of carbonyl (C=O) groups is 1. The van der Waals surface area contributed by atoms with E-state index in [1.807, 2.05) is 6.07 Å². The number of hydrogen-bond acceptors (Lipinski definition) is 3. The summed E-state index contributed by atoms with van der Waals surface area (Å²) < 4.78 is 5.11. The normalized spacial score (nSPS) is 9.55. The first-order valence-electron chi connectivity index (χ1n) is 5.56. The van der Waals surface area contributed by atoms with Gasteiger partial charge in [0, 0.05) is 58.3 Å². The van der Waals surface area contributed by atoms with Crippen LogP contribution in [0.1, 0.15) is 6.92 Å². The summed E-state index contributed by atoms with van der Waals surface area (Å²) in [6.45, 7) is 1.35. The summed E-state index contributed by atoms with van der Waals surface area (Å²) >= 11 is 12.2. The molecule has 20 heavy (non-hydrogen) atoms. The van der Waals surface area contributed by atoms with Crippen molar-refractivity contribution >= 4 is 91.9 Å². The molecule has 0 saturated carbocycles. The van der Waals surface area contributed by atoms with E-state index in [1.165, 1.54) is 6.92 Å². The fraction of sp³-hybridized carbons (Fsp3) is 0.0714. The average Bonchev–Trinajstić information content (AvgIpc) is 2.35. The molecular formula is C14H11Cl2KNO2. The minimum Gasteiger partial charge on any atom is -0.424 e. The molecule has 0 bridgehead atoms. The Morgan fingerprint density at radius 1 is 1.05 bits per heavy atom. The van der Waals surface area contributed by atoms with Crippen molar-refractivity contribution in [3.63, 3.8) is 0 Å². The van der Waals surface area contributed by atoms with Gasteiger partial charge in [-0.25, -0.2) is 0 Å². The van der Waals surface area contributed by atoms with Crippen molar-refractivity contribution in [3.8, 4) is 5.75 Å². The van der Waals surface area contributed by atoms with E-state index in [2.05, 4.69) is 5.32 Å². The number of carbonyl (C=O) groups excluding carboxylic acids is 1. The summed E-state index contributed by atoms with van der Waals surface area (Å²) in [6, 6.07) is 12.3. The van der Waals surface area contributed by atoms with Gasteiger partial charge in [-0.15, -0.1) is 0 Å². The van der Waals surface area contributed by atoms with Gasteiger partial charge in [-0.05, 0) is 24.3 Å². The van der Waals surface area contributed by atoms with Crippen molar-refractivity contribution in [3.05, 3.63) is 52.5 Å². The van der Waals surface area contributed by atoms with Gasteiger partial charge >= 0.3 is 5.97 Å². The number of nitrogens with one attached hydrogen (secondary N) is 1. The van der Waals surface area contributed by atoms with Gasteiger partial charge in [-0.3, -0.25) is 4.79 Å². The maximum Gasteiger partial charge on any atom is 0.308 e. The summed E-state index contributed by atoms with van der Waals surface area (Å²) in [5.41, 5.74) is 1.19. The molecule has 2 rings (SSSR count). The van der Waals surface area contributed by atoms with E-state index in [4.69, 9.17) is 27.9 Å². The molecule has 99 valence electrons. The Bertz CT molecular complexity index is 600. The fourth-order valence-electron chi connectivity index (χ4n) is 1.57. The maximum absolute atomic E-state index is 11.0. The molecule has 0 spiro atoms. The Hall–Kier alpha value is -0.0736. The Labute approximate surface area is 170 Å². The van der Waals surface area contributed by atoms with Gasteiger partial charge in [0.15, 0.2) is 5.75 Å². The van der Waals surface area contributed by atoms with Crippen LogP contribution in [-0.2, 0) is 4.79 Å². The number of anilines is 2. The fourth-order valence-corrected chi connectivity index (χ4v) is 2.06. The third kappa shape index (κ3) is 4.74. The zero-order valence-electron chi connectivity index (χ0n) is 11.1. The third-order valence-corrected chi connectivity index (χ3v) is 2.99. The van der Waals surface area contributed by atoms with E-state index in [0.29, 0.717) is 27.2 Å². The van der Waals surface area contributed by atoms with Crippen molar-refractivity contribution in [2.45, 2.75) is 6.92 Å². The molecule has 0 aromatic heterocycles. The van der Waals surface area contributed by atoms with Crippen molar-refractivity contribution in [1.29, 1.82) is 0 Å². The van der Waals surface area contributed by atoms with Crippen molar-refractivity contribution < 1.29 is 9.53 Å². The van der Waals surface area contributed by atoms with Crippen molar-refractivity contribution in [2.24, 2.45) is 0 Å². The molecule has 0 aliphatic carbocycles. The molecule has 0 aliphatic rings. The first-order chi connectivity index (χ1) is 9.08. The zero-order valence-corrected chi connectivity index (χ0v) is 15.7. The number of hydrogen-bond donors (Lipinski definition) is 1. The van der Waals surface area contributed by atoms with Crippen LogP contribution >= 0.6 is 23.2 Å². The van der Waals surface area contributed by atoms with Crippen LogP contribution in [0.25, 0.3) is 0 Å². The van der Waals surface area contributed by atoms with Gasteiger partial charge in [-0.1, -0.05) is 41.4 Å². The maximum atomic E-state index is 11.0. The molecule has 2 aromatic rings.